The van der Waals surface area contributed by atoms with E-state index in [1.165, 1.54) is 6.42 Å². The molecule has 2 amide bonds. The summed E-state index contributed by atoms with van der Waals surface area (Å²) in [5.74, 6) is 0.334. The van der Waals surface area contributed by atoms with Gasteiger partial charge in [-0.2, -0.15) is 0 Å². The lowest BCUT2D eigenvalue weighted by atomic mass is 9.99. The summed E-state index contributed by atoms with van der Waals surface area (Å²) in [6.45, 7) is 4.11. The smallest absolute Gasteiger partial charge is 0.253 e. The van der Waals surface area contributed by atoms with Gasteiger partial charge in [0.2, 0.25) is 0 Å². The Kier molecular flexibility index (Phi) is 5.43. The Balaban J connectivity index is 1.66. The Morgan fingerprint density at radius 1 is 1.20 bits per heavy atom. The molecule has 0 spiro atoms. The molecule has 1 unspecified atom stereocenters. The third-order valence-electron chi connectivity index (χ3n) is 4.47. The molecule has 5 nitrogen and oxygen atoms in total. The summed E-state index contributed by atoms with van der Waals surface area (Å²) in [5, 5.41) is 2.84. The highest BCUT2D eigenvalue weighted by Gasteiger charge is 2.22. The van der Waals surface area contributed by atoms with Crippen LogP contribution in [0, 0.1) is 5.92 Å². The van der Waals surface area contributed by atoms with Gasteiger partial charge in [-0.05, 0) is 49.1 Å². The molecule has 1 aromatic heterocycles. The fraction of sp³-hybridized carbons (Fsp3) is 0.350. The highest BCUT2D eigenvalue weighted by atomic mass is 16.2. The second-order valence-corrected chi connectivity index (χ2v) is 6.58. The molecule has 1 fully saturated rings. The molecular formula is C20H23N3O2. The van der Waals surface area contributed by atoms with Crippen molar-refractivity contribution in [2.24, 2.45) is 5.92 Å². The number of aromatic nitrogens is 1. The summed E-state index contributed by atoms with van der Waals surface area (Å²) in [6, 6.07) is 12.5. The van der Waals surface area contributed by atoms with Crippen LogP contribution in [-0.4, -0.2) is 34.8 Å². The molecule has 0 aliphatic carbocycles. The van der Waals surface area contributed by atoms with Crippen molar-refractivity contribution in [2.45, 2.75) is 26.3 Å². The quantitative estimate of drug-likeness (QED) is 0.933. The van der Waals surface area contributed by atoms with Crippen molar-refractivity contribution in [2.75, 3.05) is 13.1 Å². The molecule has 130 valence electrons. The summed E-state index contributed by atoms with van der Waals surface area (Å²) in [6.07, 6.45) is 3.90. The van der Waals surface area contributed by atoms with Crippen molar-refractivity contribution >= 4 is 11.8 Å². The van der Waals surface area contributed by atoms with E-state index in [4.69, 9.17) is 0 Å². The maximum Gasteiger partial charge on any atom is 0.253 e. The zero-order chi connectivity index (χ0) is 17.6. The van der Waals surface area contributed by atoms with Crippen molar-refractivity contribution in [3.05, 3.63) is 65.5 Å². The van der Waals surface area contributed by atoms with Gasteiger partial charge in [0.1, 0.15) is 0 Å². The van der Waals surface area contributed by atoms with E-state index in [1.54, 1.807) is 30.5 Å². The minimum atomic E-state index is -0.202. The van der Waals surface area contributed by atoms with Gasteiger partial charge >= 0.3 is 0 Å². The molecule has 1 N–H and O–H groups in total. The first-order valence-electron chi connectivity index (χ1n) is 8.71. The van der Waals surface area contributed by atoms with Gasteiger partial charge in [0, 0.05) is 30.4 Å². The normalized spacial score (nSPS) is 17.2. The minimum absolute atomic E-state index is 0.00549. The molecule has 2 heterocycles. The predicted molar refractivity (Wildman–Crippen MR) is 96.2 cm³/mol. The number of likely N-dealkylation sites (tertiary alicyclic amines) is 1. The van der Waals surface area contributed by atoms with Gasteiger partial charge in [-0.25, -0.2) is 0 Å². The SMILES string of the molecule is CC1CCCN(C(=O)c2cccc(C(=O)NCc3ccccn3)c2)C1. The molecule has 0 saturated carbocycles. The number of rotatable bonds is 4. The van der Waals surface area contributed by atoms with E-state index < -0.39 is 0 Å². The topological polar surface area (TPSA) is 62.3 Å². The van der Waals surface area contributed by atoms with Crippen LogP contribution < -0.4 is 5.32 Å². The summed E-state index contributed by atoms with van der Waals surface area (Å²) >= 11 is 0. The van der Waals surface area contributed by atoms with Crippen LogP contribution in [0.4, 0.5) is 0 Å². The third-order valence-corrected chi connectivity index (χ3v) is 4.47. The van der Waals surface area contributed by atoms with Gasteiger partial charge in [-0.15, -0.1) is 0 Å². The molecule has 1 atom stereocenters. The molecule has 3 rings (SSSR count). The predicted octanol–water partition coefficient (Wildman–Crippen LogP) is 2.88. The average Bonchev–Trinajstić information content (AvgIpc) is 2.66. The number of hydrogen-bond acceptors (Lipinski definition) is 3. The van der Waals surface area contributed by atoms with Gasteiger partial charge in [0.25, 0.3) is 11.8 Å². The van der Waals surface area contributed by atoms with Crippen molar-refractivity contribution in [1.29, 1.82) is 0 Å². The highest BCUT2D eigenvalue weighted by Crippen LogP contribution is 2.18. The van der Waals surface area contributed by atoms with E-state index in [9.17, 15) is 9.59 Å². The lowest BCUT2D eigenvalue weighted by Gasteiger charge is -2.31. The molecule has 1 aromatic carbocycles. The number of amides is 2. The Hall–Kier alpha value is -2.69. The molecule has 1 aliphatic rings. The number of benzene rings is 1. The van der Waals surface area contributed by atoms with Crippen LogP contribution in [0.2, 0.25) is 0 Å². The summed E-state index contributed by atoms with van der Waals surface area (Å²) in [5.41, 5.74) is 1.86. The van der Waals surface area contributed by atoms with Crippen LogP contribution in [0.3, 0.4) is 0 Å². The largest absolute Gasteiger partial charge is 0.346 e. The molecule has 25 heavy (non-hydrogen) atoms. The second kappa shape index (κ2) is 7.92. The minimum Gasteiger partial charge on any atom is -0.346 e. The number of hydrogen-bond donors (Lipinski definition) is 1. The molecule has 1 aliphatic heterocycles. The molecule has 2 aromatic rings. The van der Waals surface area contributed by atoms with Crippen LogP contribution in [0.5, 0.6) is 0 Å². The zero-order valence-electron chi connectivity index (χ0n) is 14.4. The summed E-state index contributed by atoms with van der Waals surface area (Å²) in [4.78, 5) is 31.1. The lowest BCUT2D eigenvalue weighted by Crippen LogP contribution is -2.39. The monoisotopic (exact) mass is 337 g/mol. The number of nitrogens with one attached hydrogen (secondary N) is 1. The molecule has 5 heteroatoms. The Bertz CT molecular complexity index is 746. The molecular weight excluding hydrogens is 314 g/mol. The Morgan fingerprint density at radius 3 is 2.80 bits per heavy atom. The number of nitrogens with zero attached hydrogens (tertiary/aromatic N) is 2. The molecule has 0 radical (unpaired) electrons. The van der Waals surface area contributed by atoms with Gasteiger partial charge in [-0.3, -0.25) is 14.6 Å². The van der Waals surface area contributed by atoms with Crippen molar-refractivity contribution in [3.8, 4) is 0 Å². The second-order valence-electron chi connectivity index (χ2n) is 6.58. The first-order chi connectivity index (χ1) is 12.1. The third kappa shape index (κ3) is 4.44. The van der Waals surface area contributed by atoms with Crippen molar-refractivity contribution in [3.63, 3.8) is 0 Å². The fourth-order valence-electron chi connectivity index (χ4n) is 3.13. The zero-order valence-corrected chi connectivity index (χ0v) is 14.4. The van der Waals surface area contributed by atoms with Crippen LogP contribution >= 0.6 is 0 Å². The van der Waals surface area contributed by atoms with Crippen molar-refractivity contribution in [1.82, 2.24) is 15.2 Å². The van der Waals surface area contributed by atoms with Gasteiger partial charge in [-0.1, -0.05) is 19.1 Å². The van der Waals surface area contributed by atoms with Crippen LogP contribution in [0.15, 0.2) is 48.7 Å². The number of pyridine rings is 1. The van der Waals surface area contributed by atoms with Gasteiger partial charge in [0.15, 0.2) is 0 Å². The Labute approximate surface area is 148 Å². The maximum absolute atomic E-state index is 12.7. The van der Waals surface area contributed by atoms with Crippen LogP contribution in [0.1, 0.15) is 46.2 Å². The number of carbonyl (C=O) groups is 2. The number of carbonyl (C=O) groups excluding carboxylic acids is 2. The number of piperidine rings is 1. The maximum atomic E-state index is 12.7. The van der Waals surface area contributed by atoms with Crippen LogP contribution in [-0.2, 0) is 6.54 Å². The van der Waals surface area contributed by atoms with E-state index in [0.29, 0.717) is 23.6 Å². The fourth-order valence-corrected chi connectivity index (χ4v) is 3.13. The molecule has 0 bridgehead atoms. The lowest BCUT2D eigenvalue weighted by molar-refractivity contribution is 0.0683. The van der Waals surface area contributed by atoms with Crippen molar-refractivity contribution < 1.29 is 9.59 Å². The van der Waals surface area contributed by atoms with E-state index in [2.05, 4.69) is 17.2 Å². The standard InChI is InChI=1S/C20H23N3O2/c1-15-6-5-11-23(14-15)20(25)17-8-4-7-16(12-17)19(24)22-13-18-9-2-3-10-21-18/h2-4,7-10,12,15H,5-6,11,13-14H2,1H3,(H,22,24). The van der Waals surface area contributed by atoms with E-state index >= 15 is 0 Å². The van der Waals surface area contributed by atoms with E-state index in [1.807, 2.05) is 23.1 Å². The summed E-state index contributed by atoms with van der Waals surface area (Å²) < 4.78 is 0. The van der Waals surface area contributed by atoms with Gasteiger partial charge in [0.05, 0.1) is 12.2 Å². The van der Waals surface area contributed by atoms with E-state index in [-0.39, 0.29) is 11.8 Å². The average molecular weight is 337 g/mol. The molecule has 1 saturated heterocycles. The highest BCUT2D eigenvalue weighted by molar-refractivity contribution is 5.99. The first-order valence-corrected chi connectivity index (χ1v) is 8.71. The van der Waals surface area contributed by atoms with Crippen LogP contribution in [0.25, 0.3) is 0 Å². The van der Waals surface area contributed by atoms with Gasteiger partial charge < -0.3 is 10.2 Å². The Morgan fingerprint density at radius 2 is 2.04 bits per heavy atom. The van der Waals surface area contributed by atoms with E-state index in [0.717, 1.165) is 25.2 Å². The first kappa shape index (κ1) is 17.1. The summed E-state index contributed by atoms with van der Waals surface area (Å²) in [7, 11) is 0.